The van der Waals surface area contributed by atoms with Crippen molar-refractivity contribution >= 4 is 33.4 Å². The molecule has 0 spiro atoms. The number of carbonyl (C=O) groups excluding carboxylic acids is 1. The van der Waals surface area contributed by atoms with E-state index in [0.29, 0.717) is 5.69 Å². The van der Waals surface area contributed by atoms with E-state index in [0.717, 1.165) is 10.3 Å². The molecule has 0 saturated carbocycles. The molecule has 78 valence electrons. The highest BCUT2D eigenvalue weighted by molar-refractivity contribution is 9.10. The Hall–Kier alpha value is -1.56. The molecule has 0 saturated heterocycles. The molecule has 0 radical (unpaired) electrons. The maximum atomic E-state index is 11.0. The summed E-state index contributed by atoms with van der Waals surface area (Å²) in [4.78, 5) is 15.1. The minimum absolute atomic E-state index is 0.495. The van der Waals surface area contributed by atoms with Crippen LogP contribution in [0.4, 0.5) is 10.5 Å². The number of methoxy groups -OCH3 is 1. The number of hydrogen-bond acceptors (Lipinski definition) is 3. The largest absolute Gasteiger partial charge is 0.453 e. The molecule has 0 atom stereocenters. The second-order valence-corrected chi connectivity index (χ2v) is 3.66. The number of nitrogens with one attached hydrogen (secondary N) is 1. The fraction of sp³-hybridized carbons (Fsp3) is 0.111. The van der Waals surface area contributed by atoms with Gasteiger partial charge in [-0.05, 0) is 28.1 Å². The number of aromatic nitrogens is 2. The van der Waals surface area contributed by atoms with Gasteiger partial charge in [-0.1, -0.05) is 0 Å². The molecule has 0 aliphatic carbocycles. The Morgan fingerprint density at radius 2 is 2.40 bits per heavy atom. The number of pyridine rings is 1. The van der Waals surface area contributed by atoms with E-state index >= 15 is 0 Å². The number of imidazole rings is 1. The summed E-state index contributed by atoms with van der Waals surface area (Å²) >= 11 is 3.34. The summed E-state index contributed by atoms with van der Waals surface area (Å²) < 4.78 is 7.13. The van der Waals surface area contributed by atoms with Gasteiger partial charge < -0.3 is 4.74 Å². The van der Waals surface area contributed by atoms with E-state index < -0.39 is 6.09 Å². The van der Waals surface area contributed by atoms with Crippen LogP contribution in [0.15, 0.2) is 29.1 Å². The van der Waals surface area contributed by atoms with Gasteiger partial charge in [0.25, 0.3) is 0 Å². The Morgan fingerprint density at radius 1 is 1.60 bits per heavy atom. The lowest BCUT2D eigenvalue weighted by Crippen LogP contribution is -2.11. The molecule has 0 aromatic carbocycles. The number of anilines is 1. The van der Waals surface area contributed by atoms with Crippen LogP contribution in [0, 0.1) is 0 Å². The lowest BCUT2D eigenvalue weighted by Gasteiger charge is -2.04. The molecule has 2 aromatic rings. The third-order valence-electron chi connectivity index (χ3n) is 1.89. The Balaban J connectivity index is 2.37. The van der Waals surface area contributed by atoms with Crippen molar-refractivity contribution < 1.29 is 9.53 Å². The van der Waals surface area contributed by atoms with Gasteiger partial charge >= 0.3 is 6.09 Å². The Morgan fingerprint density at radius 3 is 3.13 bits per heavy atom. The molecule has 6 heteroatoms. The number of fused-ring (bicyclic) bond motifs is 1. The van der Waals surface area contributed by atoms with Gasteiger partial charge in [0.2, 0.25) is 0 Å². The molecular weight excluding hydrogens is 262 g/mol. The molecular formula is C9H8BrN3O2. The maximum Gasteiger partial charge on any atom is 0.411 e. The summed E-state index contributed by atoms with van der Waals surface area (Å²) in [6, 6.07) is 3.56. The first-order valence-electron chi connectivity index (χ1n) is 4.18. The van der Waals surface area contributed by atoms with Gasteiger partial charge in [0.15, 0.2) is 0 Å². The van der Waals surface area contributed by atoms with Crippen LogP contribution in [-0.2, 0) is 4.74 Å². The van der Waals surface area contributed by atoms with Crippen molar-refractivity contribution in [2.24, 2.45) is 0 Å². The Kier molecular flexibility index (Phi) is 2.59. The van der Waals surface area contributed by atoms with Crippen molar-refractivity contribution in [1.29, 1.82) is 0 Å². The Bertz CT molecular complexity index is 509. The van der Waals surface area contributed by atoms with E-state index in [1.54, 1.807) is 24.5 Å². The average Bonchev–Trinajstić information content (AvgIpc) is 2.60. The predicted octanol–water partition coefficient (Wildman–Crippen LogP) is 2.28. The third-order valence-corrected chi connectivity index (χ3v) is 2.48. The molecule has 0 unspecified atom stereocenters. The van der Waals surface area contributed by atoms with Gasteiger partial charge in [-0.25, -0.2) is 9.78 Å². The molecule has 0 bridgehead atoms. The third kappa shape index (κ3) is 1.94. The van der Waals surface area contributed by atoms with Gasteiger partial charge in [0.1, 0.15) is 10.3 Å². The SMILES string of the molecule is COC(=O)Nc1ccc2ncc(Br)n2c1. The maximum absolute atomic E-state index is 11.0. The summed E-state index contributed by atoms with van der Waals surface area (Å²) in [7, 11) is 1.32. The molecule has 1 amide bonds. The topological polar surface area (TPSA) is 55.6 Å². The lowest BCUT2D eigenvalue weighted by atomic mass is 10.4. The van der Waals surface area contributed by atoms with Gasteiger partial charge in [-0.2, -0.15) is 0 Å². The van der Waals surface area contributed by atoms with Crippen LogP contribution in [0.2, 0.25) is 0 Å². The number of rotatable bonds is 1. The first-order chi connectivity index (χ1) is 7.20. The highest BCUT2D eigenvalue weighted by Crippen LogP contribution is 2.16. The van der Waals surface area contributed by atoms with Crippen LogP contribution in [0.5, 0.6) is 0 Å². The van der Waals surface area contributed by atoms with E-state index in [-0.39, 0.29) is 0 Å². The van der Waals surface area contributed by atoms with Crippen LogP contribution in [0.25, 0.3) is 5.65 Å². The van der Waals surface area contributed by atoms with E-state index in [2.05, 4.69) is 31.0 Å². The molecule has 0 fully saturated rings. The molecule has 15 heavy (non-hydrogen) atoms. The predicted molar refractivity (Wildman–Crippen MR) is 58.9 cm³/mol. The van der Waals surface area contributed by atoms with Crippen molar-refractivity contribution in [2.45, 2.75) is 0 Å². The van der Waals surface area contributed by atoms with Crippen molar-refractivity contribution in [3.63, 3.8) is 0 Å². The molecule has 5 nitrogen and oxygen atoms in total. The second kappa shape index (κ2) is 3.90. The lowest BCUT2D eigenvalue weighted by molar-refractivity contribution is 0.187. The zero-order valence-electron chi connectivity index (χ0n) is 7.90. The summed E-state index contributed by atoms with van der Waals surface area (Å²) in [6.07, 6.45) is 2.95. The minimum atomic E-state index is -0.495. The van der Waals surface area contributed by atoms with Gasteiger partial charge in [0, 0.05) is 6.20 Å². The van der Waals surface area contributed by atoms with Crippen LogP contribution >= 0.6 is 15.9 Å². The zero-order chi connectivity index (χ0) is 10.8. The normalized spacial score (nSPS) is 10.3. The summed E-state index contributed by atoms with van der Waals surface area (Å²) in [5.74, 6) is 0. The standard InChI is InChI=1S/C9H8BrN3O2/c1-15-9(14)12-6-2-3-8-11-4-7(10)13(8)5-6/h2-5H,1H3,(H,12,14). The zero-order valence-corrected chi connectivity index (χ0v) is 9.48. The number of carbonyl (C=O) groups is 1. The van der Waals surface area contributed by atoms with Gasteiger partial charge in [-0.15, -0.1) is 0 Å². The van der Waals surface area contributed by atoms with Gasteiger partial charge in [0.05, 0.1) is 19.0 Å². The van der Waals surface area contributed by atoms with Crippen LogP contribution in [-0.4, -0.2) is 22.6 Å². The van der Waals surface area contributed by atoms with Crippen LogP contribution in [0.1, 0.15) is 0 Å². The fourth-order valence-electron chi connectivity index (χ4n) is 1.19. The van der Waals surface area contributed by atoms with E-state index in [4.69, 9.17) is 0 Å². The van der Waals surface area contributed by atoms with Crippen LogP contribution < -0.4 is 5.32 Å². The summed E-state index contributed by atoms with van der Waals surface area (Å²) in [5, 5.41) is 2.57. The summed E-state index contributed by atoms with van der Waals surface area (Å²) in [5.41, 5.74) is 1.45. The quantitative estimate of drug-likeness (QED) is 0.864. The van der Waals surface area contributed by atoms with Crippen molar-refractivity contribution in [3.8, 4) is 0 Å². The van der Waals surface area contributed by atoms with Gasteiger partial charge in [-0.3, -0.25) is 9.72 Å². The summed E-state index contributed by atoms with van der Waals surface area (Å²) in [6.45, 7) is 0. The van der Waals surface area contributed by atoms with Crippen LogP contribution in [0.3, 0.4) is 0 Å². The molecule has 1 N–H and O–H groups in total. The number of ether oxygens (including phenoxy) is 1. The number of nitrogens with zero attached hydrogens (tertiary/aromatic N) is 2. The molecule has 0 aliphatic rings. The number of hydrogen-bond donors (Lipinski definition) is 1. The average molecular weight is 270 g/mol. The van der Waals surface area contributed by atoms with Crippen molar-refractivity contribution in [3.05, 3.63) is 29.1 Å². The first kappa shape index (κ1) is 9.97. The molecule has 2 rings (SSSR count). The first-order valence-corrected chi connectivity index (χ1v) is 4.97. The van der Waals surface area contributed by atoms with Crippen molar-refractivity contribution in [1.82, 2.24) is 9.38 Å². The molecule has 2 aromatic heterocycles. The highest BCUT2D eigenvalue weighted by Gasteiger charge is 2.03. The number of amides is 1. The van der Waals surface area contributed by atoms with E-state index in [1.165, 1.54) is 7.11 Å². The monoisotopic (exact) mass is 269 g/mol. The van der Waals surface area contributed by atoms with E-state index in [1.807, 2.05) is 4.40 Å². The fourth-order valence-corrected chi connectivity index (χ4v) is 1.58. The van der Waals surface area contributed by atoms with E-state index in [9.17, 15) is 4.79 Å². The smallest absolute Gasteiger partial charge is 0.411 e. The van der Waals surface area contributed by atoms with Crippen molar-refractivity contribution in [2.75, 3.05) is 12.4 Å². The number of halogens is 1. The molecule has 2 heterocycles. The minimum Gasteiger partial charge on any atom is -0.453 e. The second-order valence-electron chi connectivity index (χ2n) is 2.84. The Labute approximate surface area is 94.2 Å². The highest BCUT2D eigenvalue weighted by atomic mass is 79.9. The molecule has 0 aliphatic heterocycles.